The van der Waals surface area contributed by atoms with Crippen molar-refractivity contribution >= 4 is 41.5 Å². The minimum Gasteiger partial charge on any atom is -0.464 e. The molecule has 1 N–H and O–H groups in total. The number of likely N-dealkylation sites (tertiary alicyclic amines) is 1. The monoisotopic (exact) mass is 753 g/mol. The minimum absolute atomic E-state index is 0.0440. The number of nitrogens with one attached hydrogen (secondary N) is 1. The van der Waals surface area contributed by atoms with Gasteiger partial charge in [0.15, 0.2) is 0 Å². The zero-order chi connectivity index (χ0) is 39.3. The first kappa shape index (κ1) is 41.7. The number of ether oxygens (including phenoxy) is 6. The predicted molar refractivity (Wildman–Crippen MR) is 195 cm³/mol. The van der Waals surface area contributed by atoms with Gasteiger partial charge in [-0.25, -0.2) is 14.4 Å². The zero-order valence-electron chi connectivity index (χ0n) is 31.7. The number of anilines is 1. The summed E-state index contributed by atoms with van der Waals surface area (Å²) in [4.78, 5) is 78.7. The van der Waals surface area contributed by atoms with Crippen molar-refractivity contribution < 1.29 is 57.2 Å². The summed E-state index contributed by atoms with van der Waals surface area (Å²) in [6.07, 6.45) is 1.51. The van der Waals surface area contributed by atoms with Gasteiger partial charge in [-0.1, -0.05) is 18.2 Å². The quantitative estimate of drug-likeness (QED) is 0.213. The van der Waals surface area contributed by atoms with Crippen molar-refractivity contribution in [2.45, 2.75) is 91.0 Å². The molecule has 2 aliphatic heterocycles. The van der Waals surface area contributed by atoms with Gasteiger partial charge in [0.25, 0.3) is 5.91 Å². The fourth-order valence-corrected chi connectivity index (χ4v) is 6.10. The lowest BCUT2D eigenvalue weighted by Crippen LogP contribution is -2.44. The highest BCUT2D eigenvalue weighted by Crippen LogP contribution is 2.34. The van der Waals surface area contributed by atoms with Gasteiger partial charge in [-0.15, -0.1) is 0 Å². The molecule has 2 saturated heterocycles. The summed E-state index contributed by atoms with van der Waals surface area (Å²) in [7, 11) is 0. The highest BCUT2D eigenvalue weighted by atomic mass is 16.6. The second-order valence-electron chi connectivity index (χ2n) is 14.0. The van der Waals surface area contributed by atoms with E-state index < -0.39 is 35.3 Å². The van der Waals surface area contributed by atoms with Crippen LogP contribution >= 0.6 is 0 Å². The number of carbonyl (C=O) groups is 6. The molecule has 0 unspecified atom stereocenters. The number of para-hydroxylation sites is 1. The van der Waals surface area contributed by atoms with Crippen molar-refractivity contribution in [1.29, 1.82) is 0 Å². The molecule has 0 radical (unpaired) electrons. The fourth-order valence-electron chi connectivity index (χ4n) is 6.10. The molecule has 0 saturated carbocycles. The number of rotatable bonds is 14. The van der Waals surface area contributed by atoms with Crippen molar-refractivity contribution in [1.82, 2.24) is 10.2 Å². The van der Waals surface area contributed by atoms with Crippen LogP contribution in [0.5, 0.6) is 11.5 Å². The molecule has 2 aromatic carbocycles. The van der Waals surface area contributed by atoms with Crippen LogP contribution in [0.4, 0.5) is 10.5 Å². The highest BCUT2D eigenvalue weighted by molar-refractivity contribution is 5.96. The van der Waals surface area contributed by atoms with Crippen molar-refractivity contribution in [3.63, 3.8) is 0 Å². The summed E-state index contributed by atoms with van der Waals surface area (Å²) in [6, 6.07) is 11.4. The number of imide groups is 1. The van der Waals surface area contributed by atoms with Crippen LogP contribution in [0, 0.1) is 0 Å². The van der Waals surface area contributed by atoms with Gasteiger partial charge in [0, 0.05) is 50.8 Å². The van der Waals surface area contributed by atoms with Crippen LogP contribution in [-0.2, 0) is 44.5 Å². The van der Waals surface area contributed by atoms with Gasteiger partial charge in [0.1, 0.15) is 35.9 Å². The molecule has 2 fully saturated rings. The lowest BCUT2D eigenvalue weighted by Gasteiger charge is -2.35. The highest BCUT2D eigenvalue weighted by Gasteiger charge is 2.29. The SMILES string of the molecule is CCOC(=O)COC1CCN(c2cccc(OC(=O)c3ccccc3OC(C)=O)c2CCC(=O)NC(=O)COC2CCN(C(=O)OC(C)(C)C)CC2)CC1. The van der Waals surface area contributed by atoms with Crippen LogP contribution < -0.4 is 19.7 Å². The fraction of sp³-hybridized carbons (Fsp3) is 0.538. The average Bonchev–Trinajstić information content (AvgIpc) is 3.12. The molecule has 3 amide bonds. The van der Waals surface area contributed by atoms with Crippen molar-refractivity contribution in [2.24, 2.45) is 0 Å². The Labute approximate surface area is 315 Å². The number of hydrogen-bond acceptors (Lipinski definition) is 13. The van der Waals surface area contributed by atoms with E-state index in [1.54, 1.807) is 56.9 Å². The first-order valence-electron chi connectivity index (χ1n) is 18.3. The van der Waals surface area contributed by atoms with Crippen LogP contribution in [0.3, 0.4) is 0 Å². The molecule has 2 aliphatic rings. The Bertz CT molecular complexity index is 1640. The van der Waals surface area contributed by atoms with E-state index >= 15 is 0 Å². The van der Waals surface area contributed by atoms with Gasteiger partial charge in [-0.3, -0.25) is 19.7 Å². The largest absolute Gasteiger partial charge is 0.464 e. The molecule has 2 heterocycles. The second kappa shape index (κ2) is 19.9. The maximum absolute atomic E-state index is 13.4. The molecule has 54 heavy (non-hydrogen) atoms. The summed E-state index contributed by atoms with van der Waals surface area (Å²) in [5.41, 5.74) is 0.749. The molecule has 0 spiro atoms. The number of nitrogens with zero attached hydrogens (tertiary/aromatic N) is 2. The van der Waals surface area contributed by atoms with E-state index in [4.69, 9.17) is 28.4 Å². The van der Waals surface area contributed by atoms with Gasteiger partial charge in [-0.2, -0.15) is 0 Å². The minimum atomic E-state index is -0.759. The molecule has 0 atom stereocenters. The van der Waals surface area contributed by atoms with E-state index in [9.17, 15) is 28.8 Å². The average molecular weight is 754 g/mol. The van der Waals surface area contributed by atoms with Gasteiger partial charge in [0.2, 0.25) is 5.91 Å². The second-order valence-corrected chi connectivity index (χ2v) is 14.0. The molecule has 15 heteroatoms. The summed E-state index contributed by atoms with van der Waals surface area (Å²) >= 11 is 0. The van der Waals surface area contributed by atoms with E-state index in [0.717, 1.165) is 5.69 Å². The maximum Gasteiger partial charge on any atom is 0.410 e. The molecule has 2 aromatic rings. The predicted octanol–water partition coefficient (Wildman–Crippen LogP) is 4.37. The number of benzene rings is 2. The van der Waals surface area contributed by atoms with Crippen LogP contribution in [0.15, 0.2) is 42.5 Å². The van der Waals surface area contributed by atoms with Crippen molar-refractivity contribution in [3.05, 3.63) is 53.6 Å². The van der Waals surface area contributed by atoms with Crippen molar-refractivity contribution in [3.8, 4) is 11.5 Å². The topological polar surface area (TPSA) is 176 Å². The Balaban J connectivity index is 1.39. The van der Waals surface area contributed by atoms with Crippen LogP contribution in [0.2, 0.25) is 0 Å². The van der Waals surface area contributed by atoms with Crippen molar-refractivity contribution in [2.75, 3.05) is 50.9 Å². The molecule has 4 rings (SSSR count). The summed E-state index contributed by atoms with van der Waals surface area (Å²) in [6.45, 7) is 10.2. The van der Waals surface area contributed by atoms with Crippen LogP contribution in [-0.4, -0.2) is 105 Å². The number of hydrogen-bond donors (Lipinski definition) is 1. The standard InChI is InChI=1S/C39H51N3O12/c1-6-49-36(46)25-51-28-16-20-41(21-17-28)31-11-9-13-32(53-37(47)30-10-7-8-12-33(30)52-26(2)43)29(31)14-15-34(44)40-35(45)24-50-27-18-22-42(23-19-27)38(48)54-39(3,4)5/h7-13,27-28H,6,14-25H2,1-5H3,(H,40,44,45). The Morgan fingerprint density at radius 1 is 0.778 bits per heavy atom. The Hall–Kier alpha value is -5.02. The lowest BCUT2D eigenvalue weighted by molar-refractivity contribution is -0.151. The Morgan fingerprint density at radius 3 is 2.06 bits per heavy atom. The van der Waals surface area contributed by atoms with Crippen LogP contribution in [0.1, 0.15) is 82.6 Å². The summed E-state index contributed by atoms with van der Waals surface area (Å²) in [5, 5.41) is 2.38. The smallest absolute Gasteiger partial charge is 0.410 e. The summed E-state index contributed by atoms with van der Waals surface area (Å²) in [5.74, 6) is -2.66. The van der Waals surface area contributed by atoms with E-state index in [-0.39, 0.29) is 68.0 Å². The first-order chi connectivity index (χ1) is 25.7. The van der Waals surface area contributed by atoms with Gasteiger partial charge in [-0.05, 0) is 84.1 Å². The maximum atomic E-state index is 13.4. The Morgan fingerprint density at radius 2 is 1.41 bits per heavy atom. The molecular formula is C39H51N3O12. The van der Waals surface area contributed by atoms with Gasteiger partial charge >= 0.3 is 24.0 Å². The van der Waals surface area contributed by atoms with Gasteiger partial charge < -0.3 is 38.2 Å². The van der Waals surface area contributed by atoms with E-state index in [2.05, 4.69) is 10.2 Å². The molecule has 0 aromatic heterocycles. The number of amides is 3. The van der Waals surface area contributed by atoms with Crippen LogP contribution in [0.25, 0.3) is 0 Å². The third-order valence-electron chi connectivity index (χ3n) is 8.62. The van der Waals surface area contributed by atoms with Gasteiger partial charge in [0.05, 0.1) is 18.8 Å². The van der Waals surface area contributed by atoms with E-state index in [1.807, 2.05) is 6.07 Å². The lowest BCUT2D eigenvalue weighted by atomic mass is 10.0. The normalized spacial score (nSPS) is 15.3. The summed E-state index contributed by atoms with van der Waals surface area (Å²) < 4.78 is 33.0. The molecule has 0 bridgehead atoms. The zero-order valence-corrected chi connectivity index (χ0v) is 31.7. The third kappa shape index (κ3) is 13.1. The number of piperidine rings is 2. The van der Waals surface area contributed by atoms with E-state index in [0.29, 0.717) is 57.4 Å². The van der Waals surface area contributed by atoms with E-state index in [1.165, 1.54) is 19.1 Å². The number of esters is 3. The Kier molecular flexibility index (Phi) is 15.4. The third-order valence-corrected chi connectivity index (χ3v) is 8.62. The molecular weight excluding hydrogens is 702 g/mol. The molecule has 0 aliphatic carbocycles. The number of carbonyl (C=O) groups excluding carboxylic acids is 6. The molecule has 15 nitrogen and oxygen atoms in total. The first-order valence-corrected chi connectivity index (χ1v) is 18.3. The molecule has 294 valence electrons.